The fourth-order valence-corrected chi connectivity index (χ4v) is 4.50. The molecule has 144 valence electrons. The first kappa shape index (κ1) is 18.1. The third-order valence-corrected chi connectivity index (χ3v) is 6.24. The zero-order valence-corrected chi connectivity index (χ0v) is 16.2. The van der Waals surface area contributed by atoms with Crippen LogP contribution < -0.4 is 5.32 Å². The van der Waals surface area contributed by atoms with Gasteiger partial charge < -0.3 is 10.2 Å². The zero-order chi connectivity index (χ0) is 18.8. The van der Waals surface area contributed by atoms with Gasteiger partial charge in [-0.3, -0.25) is 14.5 Å². The average Bonchev–Trinajstić information content (AvgIpc) is 3.40. The molecule has 2 aromatic rings. The summed E-state index contributed by atoms with van der Waals surface area (Å²) in [6, 6.07) is 4.16. The average molecular weight is 388 g/mol. The van der Waals surface area contributed by atoms with E-state index >= 15 is 0 Å². The lowest BCUT2D eigenvalue weighted by molar-refractivity contribution is -0.131. The minimum absolute atomic E-state index is 0.0174. The summed E-state index contributed by atoms with van der Waals surface area (Å²) in [7, 11) is 1.86. The number of carbonyl (C=O) groups is 2. The SMILES string of the molecule is CN1CCC(N2CCC(NC(=O)c3cn(Cc4cccs4)nn3)CC2)C1=O. The van der Waals surface area contributed by atoms with E-state index < -0.39 is 0 Å². The molecule has 1 N–H and O–H groups in total. The van der Waals surface area contributed by atoms with Crippen molar-refractivity contribution in [2.75, 3.05) is 26.7 Å². The normalized spacial score (nSPS) is 21.7. The first-order valence-electron chi connectivity index (χ1n) is 9.32. The molecule has 0 aromatic carbocycles. The lowest BCUT2D eigenvalue weighted by Crippen LogP contribution is -2.50. The minimum atomic E-state index is -0.178. The van der Waals surface area contributed by atoms with Crippen molar-refractivity contribution >= 4 is 23.2 Å². The Bertz CT molecular complexity index is 797. The third kappa shape index (κ3) is 4.03. The fraction of sp³-hybridized carbons (Fsp3) is 0.556. The summed E-state index contributed by atoms with van der Waals surface area (Å²) >= 11 is 1.65. The molecule has 4 heterocycles. The van der Waals surface area contributed by atoms with E-state index in [1.807, 2.05) is 24.6 Å². The maximum atomic E-state index is 12.5. The van der Waals surface area contributed by atoms with Crippen LogP contribution in [-0.2, 0) is 11.3 Å². The van der Waals surface area contributed by atoms with E-state index in [0.717, 1.165) is 38.9 Å². The summed E-state index contributed by atoms with van der Waals surface area (Å²) in [5.41, 5.74) is 0.349. The second-order valence-electron chi connectivity index (χ2n) is 7.23. The number of nitrogens with one attached hydrogen (secondary N) is 1. The molecule has 0 saturated carbocycles. The summed E-state index contributed by atoms with van der Waals surface area (Å²) in [6.07, 6.45) is 4.29. The smallest absolute Gasteiger partial charge is 0.273 e. The predicted molar refractivity (Wildman–Crippen MR) is 102 cm³/mol. The molecule has 0 aliphatic carbocycles. The Balaban J connectivity index is 1.27. The van der Waals surface area contributed by atoms with Crippen molar-refractivity contribution < 1.29 is 9.59 Å². The van der Waals surface area contributed by atoms with Gasteiger partial charge in [0.15, 0.2) is 5.69 Å². The number of likely N-dealkylation sites (N-methyl/N-ethyl adjacent to an activating group) is 1. The fourth-order valence-electron chi connectivity index (χ4n) is 3.80. The van der Waals surface area contributed by atoms with Gasteiger partial charge in [0.25, 0.3) is 5.91 Å². The largest absolute Gasteiger partial charge is 0.348 e. The summed E-state index contributed by atoms with van der Waals surface area (Å²) in [5, 5.41) is 13.1. The van der Waals surface area contributed by atoms with Crippen LogP contribution in [0.15, 0.2) is 23.7 Å². The first-order valence-corrected chi connectivity index (χ1v) is 10.2. The van der Waals surface area contributed by atoms with Crippen LogP contribution in [0.3, 0.4) is 0 Å². The Labute approximate surface area is 162 Å². The molecule has 2 aliphatic heterocycles. The highest BCUT2D eigenvalue weighted by atomic mass is 32.1. The molecular formula is C18H24N6O2S. The van der Waals surface area contributed by atoms with Crippen molar-refractivity contribution in [2.24, 2.45) is 0 Å². The molecular weight excluding hydrogens is 364 g/mol. The van der Waals surface area contributed by atoms with Gasteiger partial charge in [0.2, 0.25) is 5.91 Å². The van der Waals surface area contributed by atoms with E-state index in [2.05, 4.69) is 20.5 Å². The van der Waals surface area contributed by atoms with Gasteiger partial charge in [0, 0.05) is 37.6 Å². The highest BCUT2D eigenvalue weighted by Crippen LogP contribution is 2.21. The van der Waals surface area contributed by atoms with E-state index in [1.165, 1.54) is 4.88 Å². The number of likely N-dealkylation sites (tertiary alicyclic amines) is 2. The predicted octanol–water partition coefficient (Wildman–Crippen LogP) is 0.813. The maximum absolute atomic E-state index is 12.5. The monoisotopic (exact) mass is 388 g/mol. The van der Waals surface area contributed by atoms with Crippen LogP contribution in [0.5, 0.6) is 0 Å². The zero-order valence-electron chi connectivity index (χ0n) is 15.4. The number of aromatic nitrogens is 3. The summed E-state index contributed by atoms with van der Waals surface area (Å²) in [4.78, 5) is 29.9. The van der Waals surface area contributed by atoms with Crippen molar-refractivity contribution in [3.05, 3.63) is 34.3 Å². The Morgan fingerprint density at radius 1 is 1.30 bits per heavy atom. The lowest BCUT2D eigenvalue weighted by Gasteiger charge is -2.35. The van der Waals surface area contributed by atoms with Gasteiger partial charge >= 0.3 is 0 Å². The number of carbonyl (C=O) groups excluding carboxylic acids is 2. The molecule has 4 rings (SSSR count). The van der Waals surface area contributed by atoms with E-state index in [0.29, 0.717) is 12.2 Å². The number of hydrogen-bond donors (Lipinski definition) is 1. The number of amides is 2. The highest BCUT2D eigenvalue weighted by Gasteiger charge is 2.36. The molecule has 2 amide bonds. The van der Waals surface area contributed by atoms with Crippen LogP contribution in [0.25, 0.3) is 0 Å². The molecule has 1 unspecified atom stereocenters. The van der Waals surface area contributed by atoms with Crippen LogP contribution in [-0.4, -0.2) is 75.4 Å². The molecule has 2 fully saturated rings. The topological polar surface area (TPSA) is 83.4 Å². The molecule has 9 heteroatoms. The molecule has 2 saturated heterocycles. The van der Waals surface area contributed by atoms with Crippen molar-refractivity contribution in [1.82, 2.24) is 30.1 Å². The Morgan fingerprint density at radius 2 is 2.11 bits per heavy atom. The number of hydrogen-bond acceptors (Lipinski definition) is 6. The van der Waals surface area contributed by atoms with E-state index in [1.54, 1.807) is 27.1 Å². The second kappa shape index (κ2) is 7.77. The molecule has 0 bridgehead atoms. The molecule has 27 heavy (non-hydrogen) atoms. The molecule has 8 nitrogen and oxygen atoms in total. The van der Waals surface area contributed by atoms with Crippen LogP contribution in [0.1, 0.15) is 34.6 Å². The lowest BCUT2D eigenvalue weighted by atomic mass is 10.0. The van der Waals surface area contributed by atoms with Gasteiger partial charge in [-0.1, -0.05) is 11.3 Å². The molecule has 2 aromatic heterocycles. The summed E-state index contributed by atoms with van der Waals surface area (Å²) < 4.78 is 1.69. The van der Waals surface area contributed by atoms with E-state index in [9.17, 15) is 9.59 Å². The van der Waals surface area contributed by atoms with Gasteiger partial charge in [0.1, 0.15) is 0 Å². The van der Waals surface area contributed by atoms with Gasteiger partial charge in [0.05, 0.1) is 18.8 Å². The van der Waals surface area contributed by atoms with Gasteiger partial charge in [-0.05, 0) is 30.7 Å². The van der Waals surface area contributed by atoms with Gasteiger partial charge in [-0.15, -0.1) is 16.4 Å². The van der Waals surface area contributed by atoms with Crippen molar-refractivity contribution in [3.63, 3.8) is 0 Å². The molecule has 2 aliphatic rings. The second-order valence-corrected chi connectivity index (χ2v) is 8.26. The molecule has 0 radical (unpaired) electrons. The van der Waals surface area contributed by atoms with Crippen molar-refractivity contribution in [3.8, 4) is 0 Å². The Kier molecular flexibility index (Phi) is 5.22. The summed E-state index contributed by atoms with van der Waals surface area (Å²) in [6.45, 7) is 3.13. The number of rotatable bonds is 5. The summed E-state index contributed by atoms with van der Waals surface area (Å²) in [5.74, 6) is 0.0439. The van der Waals surface area contributed by atoms with Crippen LogP contribution >= 0.6 is 11.3 Å². The molecule has 1 atom stereocenters. The van der Waals surface area contributed by atoms with Gasteiger partial charge in [-0.2, -0.15) is 0 Å². The van der Waals surface area contributed by atoms with Crippen LogP contribution in [0.4, 0.5) is 0 Å². The third-order valence-electron chi connectivity index (χ3n) is 5.37. The minimum Gasteiger partial charge on any atom is -0.348 e. The highest BCUT2D eigenvalue weighted by molar-refractivity contribution is 7.09. The quantitative estimate of drug-likeness (QED) is 0.820. The van der Waals surface area contributed by atoms with Crippen LogP contribution in [0.2, 0.25) is 0 Å². The standard InChI is InChI=1S/C18H24N6O2S/c1-22-7-6-16(18(22)26)23-8-4-13(5-9-23)19-17(25)15-12-24(21-20-15)11-14-3-2-10-27-14/h2-3,10,12-13,16H,4-9,11H2,1H3,(H,19,25). The van der Waals surface area contributed by atoms with Crippen LogP contribution in [0, 0.1) is 0 Å². The number of nitrogens with zero attached hydrogens (tertiary/aromatic N) is 5. The van der Waals surface area contributed by atoms with E-state index in [-0.39, 0.29) is 23.9 Å². The van der Waals surface area contributed by atoms with Gasteiger partial charge in [-0.25, -0.2) is 4.68 Å². The van der Waals surface area contributed by atoms with Crippen molar-refractivity contribution in [2.45, 2.75) is 37.9 Å². The Hall–Kier alpha value is -2.26. The maximum Gasteiger partial charge on any atom is 0.273 e. The van der Waals surface area contributed by atoms with Crippen molar-refractivity contribution in [1.29, 1.82) is 0 Å². The first-order chi connectivity index (χ1) is 13.1. The Morgan fingerprint density at radius 3 is 2.78 bits per heavy atom. The van der Waals surface area contributed by atoms with E-state index in [4.69, 9.17) is 0 Å². The number of thiophene rings is 1. The molecule has 0 spiro atoms. The number of piperidine rings is 1.